The molecule has 0 unspecified atom stereocenters. The van der Waals surface area contributed by atoms with E-state index in [1.165, 1.54) is 11.8 Å². The zero-order valence-electron chi connectivity index (χ0n) is 19.7. The van der Waals surface area contributed by atoms with Crippen molar-refractivity contribution in [1.82, 2.24) is 20.1 Å². The average Bonchev–Trinajstić information content (AvgIpc) is 3.19. The summed E-state index contributed by atoms with van der Waals surface area (Å²) in [6.45, 7) is 12.1. The highest BCUT2D eigenvalue weighted by atomic mass is 79.9. The van der Waals surface area contributed by atoms with Crippen molar-refractivity contribution in [2.24, 2.45) is 0 Å². The highest BCUT2D eigenvalue weighted by molar-refractivity contribution is 9.10. The van der Waals surface area contributed by atoms with Crippen LogP contribution in [-0.4, -0.2) is 32.3 Å². The van der Waals surface area contributed by atoms with E-state index in [0.29, 0.717) is 23.1 Å². The summed E-state index contributed by atoms with van der Waals surface area (Å²) in [6, 6.07) is 11.0. The van der Waals surface area contributed by atoms with Crippen molar-refractivity contribution in [3.63, 3.8) is 0 Å². The van der Waals surface area contributed by atoms with E-state index in [1.54, 1.807) is 12.1 Å². The monoisotopic (exact) mass is 541 g/mol. The molecule has 0 aliphatic rings. The number of allylic oxidation sites excluding steroid dienone is 1. The van der Waals surface area contributed by atoms with Gasteiger partial charge in [-0.3, -0.25) is 9.59 Å². The van der Waals surface area contributed by atoms with Crippen LogP contribution >= 0.6 is 27.7 Å². The van der Waals surface area contributed by atoms with Crippen LogP contribution in [-0.2, 0) is 11.3 Å². The molecule has 3 rings (SSSR count). The molecule has 1 aromatic heterocycles. The average molecular weight is 543 g/mol. The normalized spacial score (nSPS) is 11.7. The molecule has 0 aliphatic carbocycles. The first-order valence-electron chi connectivity index (χ1n) is 10.8. The Morgan fingerprint density at radius 1 is 1.18 bits per heavy atom. The number of rotatable bonds is 9. The van der Waals surface area contributed by atoms with E-state index in [1.807, 2.05) is 62.6 Å². The van der Waals surface area contributed by atoms with Crippen molar-refractivity contribution in [2.45, 2.75) is 45.4 Å². The number of hydrogen-bond donors (Lipinski definition) is 2. The molecule has 3 aromatic rings. The first-order valence-corrected chi connectivity index (χ1v) is 12.6. The van der Waals surface area contributed by atoms with Crippen LogP contribution in [0, 0.1) is 20.8 Å². The third-order valence-corrected chi connectivity index (χ3v) is 6.88. The molecule has 2 amide bonds. The molecule has 0 spiro atoms. The van der Waals surface area contributed by atoms with E-state index in [2.05, 4.69) is 43.3 Å². The largest absolute Gasteiger partial charge is 0.342 e. The topological polar surface area (TPSA) is 88.9 Å². The van der Waals surface area contributed by atoms with E-state index in [9.17, 15) is 9.59 Å². The van der Waals surface area contributed by atoms with Crippen LogP contribution < -0.4 is 10.6 Å². The molecule has 178 valence electrons. The van der Waals surface area contributed by atoms with Crippen molar-refractivity contribution in [3.8, 4) is 0 Å². The fourth-order valence-corrected chi connectivity index (χ4v) is 4.66. The van der Waals surface area contributed by atoms with Gasteiger partial charge in [-0.05, 0) is 79.0 Å². The summed E-state index contributed by atoms with van der Waals surface area (Å²) < 4.78 is 2.70. The number of thioether (sulfide) groups is 1. The zero-order valence-corrected chi connectivity index (χ0v) is 22.1. The van der Waals surface area contributed by atoms with E-state index in [-0.39, 0.29) is 23.6 Å². The molecule has 0 saturated carbocycles. The quantitative estimate of drug-likeness (QED) is 0.280. The number of aromatic nitrogens is 3. The lowest BCUT2D eigenvalue weighted by Gasteiger charge is -2.15. The van der Waals surface area contributed by atoms with Crippen molar-refractivity contribution in [3.05, 3.63) is 81.6 Å². The predicted octanol–water partition coefficient (Wildman–Crippen LogP) is 5.37. The molecule has 34 heavy (non-hydrogen) atoms. The third-order valence-electron chi connectivity index (χ3n) is 5.26. The number of nitrogens with one attached hydrogen (secondary N) is 2. The van der Waals surface area contributed by atoms with Gasteiger partial charge in [0.1, 0.15) is 0 Å². The van der Waals surface area contributed by atoms with Gasteiger partial charge in [0.25, 0.3) is 5.91 Å². The molecule has 0 radical (unpaired) electrons. The predicted molar refractivity (Wildman–Crippen MR) is 140 cm³/mol. The summed E-state index contributed by atoms with van der Waals surface area (Å²) in [4.78, 5) is 25.3. The number of anilines is 1. The minimum absolute atomic E-state index is 0.149. The standard InChI is InChI=1S/C25H28BrN5O2S/c1-6-10-31-23(18(5)27-24(33)19-9-7-8-15(2)11-19)29-30-25(31)34-14-22(32)28-21-13-17(4)16(3)12-20(21)26/h6-9,11-13,18H,1,10,14H2,2-5H3,(H,27,33)(H,28,32)/t18-/m1/s1. The lowest BCUT2D eigenvalue weighted by molar-refractivity contribution is -0.113. The Labute approximate surface area is 212 Å². The second-order valence-corrected chi connectivity index (χ2v) is 9.85. The highest BCUT2D eigenvalue weighted by Crippen LogP contribution is 2.27. The van der Waals surface area contributed by atoms with Crippen molar-refractivity contribution >= 4 is 45.2 Å². The smallest absolute Gasteiger partial charge is 0.251 e. The van der Waals surface area contributed by atoms with Crippen LogP contribution in [0.15, 0.2) is 58.7 Å². The van der Waals surface area contributed by atoms with Crippen LogP contribution in [0.1, 0.15) is 45.8 Å². The van der Waals surface area contributed by atoms with E-state index in [0.717, 1.165) is 26.9 Å². The summed E-state index contributed by atoms with van der Waals surface area (Å²) in [5, 5.41) is 15.0. The van der Waals surface area contributed by atoms with Crippen molar-refractivity contribution < 1.29 is 9.59 Å². The van der Waals surface area contributed by atoms with Gasteiger partial charge in [0.15, 0.2) is 11.0 Å². The molecule has 0 bridgehead atoms. The Morgan fingerprint density at radius 2 is 1.91 bits per heavy atom. The molecule has 7 nitrogen and oxygen atoms in total. The molecule has 1 heterocycles. The van der Waals surface area contributed by atoms with Crippen LogP contribution in [0.3, 0.4) is 0 Å². The molecular formula is C25H28BrN5O2S. The Kier molecular flexibility index (Phi) is 8.68. The van der Waals surface area contributed by atoms with E-state index >= 15 is 0 Å². The maximum absolute atomic E-state index is 12.7. The summed E-state index contributed by atoms with van der Waals surface area (Å²) in [5.74, 6) is 0.431. The van der Waals surface area contributed by atoms with Gasteiger partial charge in [0, 0.05) is 16.6 Å². The first-order chi connectivity index (χ1) is 16.2. The number of hydrogen-bond acceptors (Lipinski definition) is 5. The summed E-state index contributed by atoms with van der Waals surface area (Å²) in [6.07, 6.45) is 1.73. The number of halogens is 1. The van der Waals surface area contributed by atoms with Gasteiger partial charge >= 0.3 is 0 Å². The fourth-order valence-electron chi connectivity index (χ4n) is 3.35. The lowest BCUT2D eigenvalue weighted by atomic mass is 10.1. The van der Waals surface area contributed by atoms with Gasteiger partial charge in [-0.25, -0.2) is 0 Å². The number of benzene rings is 2. The zero-order chi connectivity index (χ0) is 24.8. The molecule has 9 heteroatoms. The van der Waals surface area contributed by atoms with Crippen LogP contribution in [0.5, 0.6) is 0 Å². The lowest BCUT2D eigenvalue weighted by Crippen LogP contribution is -2.29. The SMILES string of the molecule is C=CCn1c(SCC(=O)Nc2cc(C)c(C)cc2Br)nnc1[C@@H](C)NC(=O)c1cccc(C)c1. The Hall–Kier alpha value is -2.91. The van der Waals surface area contributed by atoms with Gasteiger partial charge in [-0.15, -0.1) is 16.8 Å². The second-order valence-electron chi connectivity index (χ2n) is 8.06. The number of amides is 2. The summed E-state index contributed by atoms with van der Waals surface area (Å²) >= 11 is 4.79. The highest BCUT2D eigenvalue weighted by Gasteiger charge is 2.20. The molecule has 2 N–H and O–H groups in total. The third kappa shape index (κ3) is 6.36. The van der Waals surface area contributed by atoms with Gasteiger partial charge in [-0.1, -0.05) is 35.5 Å². The minimum atomic E-state index is -0.380. The van der Waals surface area contributed by atoms with Gasteiger partial charge in [0.05, 0.1) is 17.5 Å². The van der Waals surface area contributed by atoms with Crippen molar-refractivity contribution in [1.29, 1.82) is 0 Å². The number of nitrogens with zero attached hydrogens (tertiary/aromatic N) is 3. The van der Waals surface area contributed by atoms with Crippen molar-refractivity contribution in [2.75, 3.05) is 11.1 Å². The molecule has 1 atom stereocenters. The molecule has 2 aromatic carbocycles. The molecular weight excluding hydrogens is 514 g/mol. The summed E-state index contributed by atoms with van der Waals surface area (Å²) in [7, 11) is 0. The fraction of sp³-hybridized carbons (Fsp3) is 0.280. The molecule has 0 aliphatic heterocycles. The minimum Gasteiger partial charge on any atom is -0.342 e. The van der Waals surface area contributed by atoms with Gasteiger partial charge in [0.2, 0.25) is 5.91 Å². The first kappa shape index (κ1) is 25.7. The van der Waals surface area contributed by atoms with Crippen LogP contribution in [0.2, 0.25) is 0 Å². The Bertz CT molecular complexity index is 1220. The van der Waals surface area contributed by atoms with Crippen LogP contribution in [0.25, 0.3) is 0 Å². The summed E-state index contributed by atoms with van der Waals surface area (Å²) in [5.41, 5.74) is 4.58. The maximum atomic E-state index is 12.7. The Balaban J connectivity index is 1.68. The molecule has 0 saturated heterocycles. The molecule has 0 fully saturated rings. The Morgan fingerprint density at radius 3 is 2.62 bits per heavy atom. The maximum Gasteiger partial charge on any atom is 0.251 e. The van der Waals surface area contributed by atoms with Gasteiger partial charge < -0.3 is 15.2 Å². The van der Waals surface area contributed by atoms with E-state index in [4.69, 9.17) is 0 Å². The van der Waals surface area contributed by atoms with Crippen LogP contribution in [0.4, 0.5) is 5.69 Å². The number of carbonyl (C=O) groups is 2. The van der Waals surface area contributed by atoms with Gasteiger partial charge in [-0.2, -0.15) is 0 Å². The van der Waals surface area contributed by atoms with E-state index < -0.39 is 0 Å². The second kappa shape index (κ2) is 11.5. The number of carbonyl (C=O) groups excluding carboxylic acids is 2. The number of aryl methyl sites for hydroxylation is 3.